The van der Waals surface area contributed by atoms with E-state index in [1.54, 1.807) is 18.2 Å². The first kappa shape index (κ1) is 19.9. The molecule has 1 aliphatic heterocycles. The summed E-state index contributed by atoms with van der Waals surface area (Å²) in [5, 5.41) is 0. The van der Waals surface area contributed by atoms with E-state index in [2.05, 4.69) is 18.6 Å². The Labute approximate surface area is 161 Å². The summed E-state index contributed by atoms with van der Waals surface area (Å²) in [5.74, 6) is 0.640. The van der Waals surface area contributed by atoms with E-state index >= 15 is 0 Å². The van der Waals surface area contributed by atoms with Crippen molar-refractivity contribution in [1.29, 1.82) is 0 Å². The summed E-state index contributed by atoms with van der Waals surface area (Å²) in [6.45, 7) is 5.13. The van der Waals surface area contributed by atoms with Crippen molar-refractivity contribution in [2.75, 3.05) is 17.8 Å². The minimum absolute atomic E-state index is 0.151. The summed E-state index contributed by atoms with van der Waals surface area (Å²) in [6, 6.07) is 13.9. The molecule has 0 radical (unpaired) electrons. The molecule has 0 saturated carbocycles. The van der Waals surface area contributed by atoms with Gasteiger partial charge < -0.3 is 0 Å². The second-order valence-electron chi connectivity index (χ2n) is 7.21. The highest BCUT2D eigenvalue weighted by atomic mass is 32.2. The van der Waals surface area contributed by atoms with Crippen molar-refractivity contribution in [3.63, 3.8) is 0 Å². The molecule has 1 heterocycles. The molecule has 1 fully saturated rings. The van der Waals surface area contributed by atoms with E-state index in [4.69, 9.17) is 0 Å². The van der Waals surface area contributed by atoms with Crippen LogP contribution in [0, 0.1) is 11.8 Å². The van der Waals surface area contributed by atoms with Gasteiger partial charge in [0.2, 0.25) is 10.0 Å². The van der Waals surface area contributed by atoms with Crippen LogP contribution in [0.3, 0.4) is 0 Å². The standard InChI is InChI=1S/C19H24N2O4S2/c1-15-12-16(2)14-21(13-15)27(24,25)19-10-8-17(9-11-19)20-26(22,23)18-6-4-3-5-7-18/h3-11,15-16,20H,12-14H2,1-2H3/t15-,16-/m0/s1. The molecule has 6 nitrogen and oxygen atoms in total. The quantitative estimate of drug-likeness (QED) is 0.824. The van der Waals surface area contributed by atoms with Crippen LogP contribution in [0.25, 0.3) is 0 Å². The molecular formula is C19H24N2O4S2. The van der Waals surface area contributed by atoms with Crippen LogP contribution in [0.5, 0.6) is 0 Å². The minimum Gasteiger partial charge on any atom is -0.280 e. The smallest absolute Gasteiger partial charge is 0.261 e. The van der Waals surface area contributed by atoms with Gasteiger partial charge in [-0.2, -0.15) is 4.31 Å². The molecule has 1 aliphatic rings. The number of nitrogens with one attached hydrogen (secondary N) is 1. The maximum Gasteiger partial charge on any atom is 0.261 e. The lowest BCUT2D eigenvalue weighted by Crippen LogP contribution is -2.42. The van der Waals surface area contributed by atoms with Crippen molar-refractivity contribution in [3.8, 4) is 0 Å². The van der Waals surface area contributed by atoms with Crippen molar-refractivity contribution in [2.45, 2.75) is 30.1 Å². The summed E-state index contributed by atoms with van der Waals surface area (Å²) in [7, 11) is -7.29. The van der Waals surface area contributed by atoms with E-state index < -0.39 is 20.0 Å². The first-order valence-corrected chi connectivity index (χ1v) is 11.8. The van der Waals surface area contributed by atoms with Gasteiger partial charge >= 0.3 is 0 Å². The number of nitrogens with zero attached hydrogens (tertiary/aromatic N) is 1. The third-order valence-electron chi connectivity index (χ3n) is 4.63. The lowest BCUT2D eigenvalue weighted by Gasteiger charge is -2.34. The average Bonchev–Trinajstić information content (AvgIpc) is 2.62. The topological polar surface area (TPSA) is 83.6 Å². The Balaban J connectivity index is 1.79. The molecule has 3 rings (SSSR count). The average molecular weight is 409 g/mol. The summed E-state index contributed by atoms with van der Waals surface area (Å²) >= 11 is 0. The normalized spacial score (nSPS) is 21.7. The molecule has 0 amide bonds. The van der Waals surface area contributed by atoms with Gasteiger partial charge in [0.25, 0.3) is 10.0 Å². The largest absolute Gasteiger partial charge is 0.280 e. The van der Waals surface area contributed by atoms with Crippen LogP contribution >= 0.6 is 0 Å². The van der Waals surface area contributed by atoms with E-state index in [0.29, 0.717) is 30.6 Å². The summed E-state index contributed by atoms with van der Waals surface area (Å²) in [5.41, 5.74) is 0.318. The van der Waals surface area contributed by atoms with E-state index in [-0.39, 0.29) is 9.79 Å². The highest BCUT2D eigenvalue weighted by Gasteiger charge is 2.31. The van der Waals surface area contributed by atoms with Gasteiger partial charge in [0.05, 0.1) is 9.79 Å². The number of anilines is 1. The Morgan fingerprint density at radius 1 is 0.815 bits per heavy atom. The predicted octanol–water partition coefficient (Wildman–Crippen LogP) is 3.15. The first-order chi connectivity index (χ1) is 12.7. The van der Waals surface area contributed by atoms with Gasteiger partial charge in [-0.15, -0.1) is 0 Å². The molecule has 2 aromatic carbocycles. The third-order valence-corrected chi connectivity index (χ3v) is 7.88. The molecule has 1 saturated heterocycles. The van der Waals surface area contributed by atoms with E-state index in [1.165, 1.54) is 40.7 Å². The van der Waals surface area contributed by atoms with Crippen LogP contribution in [0.4, 0.5) is 5.69 Å². The van der Waals surface area contributed by atoms with Crippen LogP contribution in [0.15, 0.2) is 64.4 Å². The van der Waals surface area contributed by atoms with Gasteiger partial charge in [-0.05, 0) is 54.7 Å². The second kappa shape index (κ2) is 7.61. The van der Waals surface area contributed by atoms with E-state index in [1.807, 2.05) is 0 Å². The number of rotatable bonds is 5. The summed E-state index contributed by atoms with van der Waals surface area (Å²) in [6.07, 6.45) is 1.02. The van der Waals surface area contributed by atoms with Gasteiger partial charge in [-0.25, -0.2) is 16.8 Å². The molecule has 0 spiro atoms. The molecule has 2 atom stereocenters. The maximum atomic E-state index is 12.9. The van der Waals surface area contributed by atoms with E-state index in [9.17, 15) is 16.8 Å². The second-order valence-corrected chi connectivity index (χ2v) is 10.8. The zero-order valence-corrected chi connectivity index (χ0v) is 17.0. The molecule has 146 valence electrons. The van der Waals surface area contributed by atoms with Crippen molar-refractivity contribution in [2.24, 2.45) is 11.8 Å². The van der Waals surface area contributed by atoms with Crippen LogP contribution in [-0.2, 0) is 20.0 Å². The number of piperidine rings is 1. The molecule has 27 heavy (non-hydrogen) atoms. The zero-order valence-electron chi connectivity index (χ0n) is 15.4. The SMILES string of the molecule is C[C@H]1C[C@H](C)CN(S(=O)(=O)c2ccc(NS(=O)(=O)c3ccccc3)cc2)C1. The molecule has 0 aliphatic carbocycles. The molecule has 2 aromatic rings. The molecule has 0 aromatic heterocycles. The van der Waals surface area contributed by atoms with Crippen molar-refractivity contribution >= 4 is 25.7 Å². The lowest BCUT2D eigenvalue weighted by atomic mass is 9.94. The fourth-order valence-electron chi connectivity index (χ4n) is 3.46. The highest BCUT2D eigenvalue weighted by molar-refractivity contribution is 7.92. The van der Waals surface area contributed by atoms with Crippen molar-refractivity contribution < 1.29 is 16.8 Å². The predicted molar refractivity (Wildman–Crippen MR) is 105 cm³/mol. The molecule has 1 N–H and O–H groups in total. The molecule has 8 heteroatoms. The Hall–Kier alpha value is -1.90. The summed E-state index contributed by atoms with van der Waals surface area (Å²) in [4.78, 5) is 0.324. The molecular weight excluding hydrogens is 384 g/mol. The van der Waals surface area contributed by atoms with Crippen LogP contribution < -0.4 is 4.72 Å². The van der Waals surface area contributed by atoms with Crippen LogP contribution in [-0.4, -0.2) is 34.2 Å². The Morgan fingerprint density at radius 2 is 1.37 bits per heavy atom. The fourth-order valence-corrected chi connectivity index (χ4v) is 6.22. The highest BCUT2D eigenvalue weighted by Crippen LogP contribution is 2.27. The van der Waals surface area contributed by atoms with Gasteiger partial charge in [-0.1, -0.05) is 32.0 Å². The monoisotopic (exact) mass is 408 g/mol. The Bertz CT molecular complexity index is 978. The maximum absolute atomic E-state index is 12.9. The van der Waals surface area contributed by atoms with Crippen molar-refractivity contribution in [3.05, 3.63) is 54.6 Å². The Morgan fingerprint density at radius 3 is 1.93 bits per heavy atom. The number of benzene rings is 2. The fraction of sp³-hybridized carbons (Fsp3) is 0.368. The molecule has 0 bridgehead atoms. The third kappa shape index (κ3) is 4.51. The van der Waals surface area contributed by atoms with Crippen LogP contribution in [0.1, 0.15) is 20.3 Å². The van der Waals surface area contributed by atoms with Gasteiger partial charge in [0.1, 0.15) is 0 Å². The van der Waals surface area contributed by atoms with Gasteiger partial charge in [0, 0.05) is 18.8 Å². The number of hydrogen-bond donors (Lipinski definition) is 1. The lowest BCUT2D eigenvalue weighted by molar-refractivity contribution is 0.222. The Kier molecular flexibility index (Phi) is 5.60. The van der Waals surface area contributed by atoms with Crippen LogP contribution in [0.2, 0.25) is 0 Å². The first-order valence-electron chi connectivity index (χ1n) is 8.86. The van der Waals surface area contributed by atoms with Gasteiger partial charge in [0.15, 0.2) is 0 Å². The van der Waals surface area contributed by atoms with Gasteiger partial charge in [-0.3, -0.25) is 4.72 Å². The van der Waals surface area contributed by atoms with E-state index in [0.717, 1.165) is 6.42 Å². The number of hydrogen-bond acceptors (Lipinski definition) is 4. The molecule has 0 unspecified atom stereocenters. The minimum atomic E-state index is -3.71. The van der Waals surface area contributed by atoms with Crippen molar-refractivity contribution in [1.82, 2.24) is 4.31 Å². The summed E-state index contributed by atoms with van der Waals surface area (Å²) < 4.78 is 54.5. The zero-order chi connectivity index (χ0) is 19.7. The number of sulfonamides is 2.